The Balaban J connectivity index is 1.32. The first-order chi connectivity index (χ1) is 14.1. The van der Waals surface area contributed by atoms with Crippen molar-refractivity contribution in [2.45, 2.75) is 124 Å². The van der Waals surface area contributed by atoms with Crippen LogP contribution in [0, 0.1) is 52.3 Å². The Labute approximate surface area is 185 Å². The first-order valence-corrected chi connectivity index (χ1v) is 13.5. The average Bonchev–Trinajstić information content (AvgIpc) is 3.27. The highest BCUT2D eigenvalue weighted by molar-refractivity contribution is 5.24. The summed E-state index contributed by atoms with van der Waals surface area (Å²) < 4.78 is 6.52. The Morgan fingerprint density at radius 2 is 1.70 bits per heavy atom. The van der Waals surface area contributed by atoms with Crippen LogP contribution in [0.3, 0.4) is 0 Å². The molecule has 0 aromatic rings. The van der Waals surface area contributed by atoms with Crippen molar-refractivity contribution < 1.29 is 9.84 Å². The Hall–Kier alpha value is -0.0800. The molecule has 172 valence electrons. The third-order valence-corrected chi connectivity index (χ3v) is 12.0. The summed E-state index contributed by atoms with van der Waals surface area (Å²) in [6.45, 7) is 15.1. The molecular weight excluding hydrogens is 368 g/mol. The van der Waals surface area contributed by atoms with Crippen LogP contribution in [0.1, 0.15) is 106 Å². The van der Waals surface area contributed by atoms with E-state index in [2.05, 4.69) is 41.5 Å². The zero-order valence-electron chi connectivity index (χ0n) is 20.6. The molecule has 1 aliphatic heterocycles. The lowest BCUT2D eigenvalue weighted by molar-refractivity contribution is -0.116. The van der Waals surface area contributed by atoms with Gasteiger partial charge in [0.05, 0.1) is 12.2 Å². The van der Waals surface area contributed by atoms with E-state index in [4.69, 9.17) is 4.74 Å². The van der Waals surface area contributed by atoms with Crippen LogP contribution in [0.5, 0.6) is 0 Å². The summed E-state index contributed by atoms with van der Waals surface area (Å²) in [6, 6.07) is 0. The van der Waals surface area contributed by atoms with Gasteiger partial charge < -0.3 is 9.84 Å². The number of rotatable bonds is 5. The lowest BCUT2D eigenvalue weighted by atomic mass is 9.44. The fraction of sp³-hybridized carbons (Fsp3) is 1.00. The quantitative estimate of drug-likeness (QED) is 0.497. The fourth-order valence-corrected chi connectivity index (χ4v) is 9.69. The number of ether oxygens (including phenoxy) is 1. The van der Waals surface area contributed by atoms with Gasteiger partial charge in [-0.3, -0.25) is 0 Å². The summed E-state index contributed by atoms with van der Waals surface area (Å²) in [5.74, 6) is 6.09. The zero-order valence-corrected chi connectivity index (χ0v) is 20.6. The van der Waals surface area contributed by atoms with Crippen molar-refractivity contribution in [2.24, 2.45) is 52.3 Å². The topological polar surface area (TPSA) is 32.8 Å². The third-order valence-electron chi connectivity index (χ3n) is 12.0. The maximum atomic E-state index is 10.4. The number of hydrogen-bond donors (Lipinski definition) is 1. The van der Waals surface area contributed by atoms with Gasteiger partial charge in [0.15, 0.2) is 0 Å². The van der Waals surface area contributed by atoms with Crippen LogP contribution >= 0.6 is 0 Å². The summed E-state index contributed by atoms with van der Waals surface area (Å²) >= 11 is 0. The Morgan fingerprint density at radius 1 is 0.933 bits per heavy atom. The Kier molecular flexibility index (Phi) is 5.23. The average molecular weight is 417 g/mol. The minimum absolute atomic E-state index is 0.0395. The van der Waals surface area contributed by atoms with E-state index in [9.17, 15) is 5.11 Å². The highest BCUT2D eigenvalue weighted by Crippen LogP contribution is 2.74. The van der Waals surface area contributed by atoms with Crippen LogP contribution in [-0.2, 0) is 4.74 Å². The molecule has 11 atom stereocenters. The predicted molar refractivity (Wildman–Crippen MR) is 123 cm³/mol. The van der Waals surface area contributed by atoms with Crippen molar-refractivity contribution in [1.29, 1.82) is 0 Å². The Morgan fingerprint density at radius 3 is 2.43 bits per heavy atom. The van der Waals surface area contributed by atoms with E-state index in [0.717, 1.165) is 54.3 Å². The van der Waals surface area contributed by atoms with Crippen LogP contribution in [-0.4, -0.2) is 22.9 Å². The van der Waals surface area contributed by atoms with E-state index in [-0.39, 0.29) is 11.7 Å². The second-order valence-electron chi connectivity index (χ2n) is 13.4. The molecule has 4 saturated carbocycles. The summed E-state index contributed by atoms with van der Waals surface area (Å²) in [6.07, 6.45) is 13.3. The fourth-order valence-electron chi connectivity index (χ4n) is 9.69. The summed E-state index contributed by atoms with van der Waals surface area (Å²) in [5.41, 5.74) is 0.913. The van der Waals surface area contributed by atoms with Crippen molar-refractivity contribution in [3.8, 4) is 0 Å². The van der Waals surface area contributed by atoms with Gasteiger partial charge in [0.2, 0.25) is 0 Å². The van der Waals surface area contributed by atoms with Crippen molar-refractivity contribution in [1.82, 2.24) is 0 Å². The van der Waals surface area contributed by atoms with E-state index >= 15 is 0 Å². The maximum absolute atomic E-state index is 10.4. The molecule has 0 aromatic heterocycles. The maximum Gasteiger partial charge on any atom is 0.103 e. The van der Waals surface area contributed by atoms with Crippen LogP contribution in [0.15, 0.2) is 0 Å². The third kappa shape index (κ3) is 2.94. The van der Waals surface area contributed by atoms with E-state index in [1.807, 2.05) is 0 Å². The zero-order chi connectivity index (χ0) is 21.5. The van der Waals surface area contributed by atoms with Crippen molar-refractivity contribution in [2.75, 3.05) is 0 Å². The van der Waals surface area contributed by atoms with Crippen LogP contribution in [0.4, 0.5) is 0 Å². The molecule has 4 aliphatic carbocycles. The van der Waals surface area contributed by atoms with Crippen molar-refractivity contribution >= 4 is 0 Å². The highest BCUT2D eigenvalue weighted by Gasteiger charge is 2.76. The molecule has 2 heteroatoms. The summed E-state index contributed by atoms with van der Waals surface area (Å²) in [7, 11) is 0. The molecule has 1 N–H and O–H groups in total. The molecule has 1 spiro atoms. The first-order valence-electron chi connectivity index (χ1n) is 13.5. The highest BCUT2D eigenvalue weighted by atomic mass is 16.6. The smallest absolute Gasteiger partial charge is 0.103 e. The van der Waals surface area contributed by atoms with Crippen LogP contribution in [0.2, 0.25) is 0 Å². The van der Waals surface area contributed by atoms with Gasteiger partial charge in [-0.05, 0) is 91.8 Å². The lowest BCUT2D eigenvalue weighted by Gasteiger charge is -2.59. The van der Waals surface area contributed by atoms with Gasteiger partial charge in [-0.1, -0.05) is 54.4 Å². The van der Waals surface area contributed by atoms with Gasteiger partial charge in [0, 0.05) is 11.8 Å². The summed E-state index contributed by atoms with van der Waals surface area (Å²) in [5, 5.41) is 10.4. The van der Waals surface area contributed by atoms with Crippen molar-refractivity contribution in [3.05, 3.63) is 0 Å². The van der Waals surface area contributed by atoms with E-state index in [1.165, 1.54) is 51.4 Å². The molecule has 1 heterocycles. The SMILES string of the molecule is CC(C)[C@H](C)CC[C@@H](C)C1CCC2C3CC4OC45C[C@@H](O)CC[C@]5(C)C3CC[C@@]21C. The van der Waals surface area contributed by atoms with E-state index in [1.54, 1.807) is 0 Å². The molecule has 0 radical (unpaired) electrons. The molecule has 6 unspecified atom stereocenters. The second-order valence-corrected chi connectivity index (χ2v) is 13.4. The van der Waals surface area contributed by atoms with Gasteiger partial charge >= 0.3 is 0 Å². The Bertz CT molecular complexity index is 659. The molecule has 5 fully saturated rings. The minimum Gasteiger partial charge on any atom is -0.393 e. The molecule has 5 rings (SSSR count). The standard InChI is InChI=1S/C28H48O2/c1-17(2)18(3)7-8-19(4)22-9-10-23-21-15-25-28(30-25)16-20(29)11-14-27(28,6)24(21)12-13-26(22,23)5/h17-25,29H,7-16H2,1-6H3/t18-,19-,20+,21?,22?,23?,24?,25?,26-,27-,28?/m1/s1. The van der Waals surface area contributed by atoms with Gasteiger partial charge in [-0.15, -0.1) is 0 Å². The van der Waals surface area contributed by atoms with Gasteiger partial charge in [0.1, 0.15) is 5.60 Å². The number of hydrogen-bond acceptors (Lipinski definition) is 2. The van der Waals surface area contributed by atoms with Gasteiger partial charge in [0.25, 0.3) is 0 Å². The van der Waals surface area contributed by atoms with Gasteiger partial charge in [-0.2, -0.15) is 0 Å². The monoisotopic (exact) mass is 416 g/mol. The van der Waals surface area contributed by atoms with Crippen LogP contribution < -0.4 is 0 Å². The minimum atomic E-state index is -0.126. The van der Waals surface area contributed by atoms with Crippen LogP contribution in [0.25, 0.3) is 0 Å². The van der Waals surface area contributed by atoms with Gasteiger partial charge in [-0.25, -0.2) is 0 Å². The largest absolute Gasteiger partial charge is 0.393 e. The number of aliphatic hydroxyl groups excluding tert-OH is 1. The molecule has 30 heavy (non-hydrogen) atoms. The molecular formula is C28H48O2. The number of aliphatic hydroxyl groups is 1. The normalized spacial score (nSPS) is 54.0. The first kappa shape index (κ1) is 21.7. The molecule has 1 saturated heterocycles. The molecule has 0 amide bonds. The lowest BCUT2D eigenvalue weighted by Crippen LogP contribution is -2.58. The van der Waals surface area contributed by atoms with Crippen molar-refractivity contribution in [3.63, 3.8) is 0 Å². The molecule has 0 bridgehead atoms. The second kappa shape index (κ2) is 7.21. The molecule has 5 aliphatic rings. The molecule has 2 nitrogen and oxygen atoms in total. The predicted octanol–water partition coefficient (Wildman–Crippen LogP) is 6.85. The number of fused-ring (bicyclic) bond motifs is 4. The summed E-state index contributed by atoms with van der Waals surface area (Å²) in [4.78, 5) is 0. The number of epoxide rings is 1. The van der Waals surface area contributed by atoms with E-state index in [0.29, 0.717) is 16.9 Å². The van der Waals surface area contributed by atoms with E-state index < -0.39 is 0 Å². The molecule has 0 aromatic carbocycles.